The van der Waals surface area contributed by atoms with Crippen molar-refractivity contribution < 1.29 is 27.9 Å². The maximum Gasteiger partial charge on any atom is 0.419 e. The third-order valence-corrected chi connectivity index (χ3v) is 5.68. The van der Waals surface area contributed by atoms with Crippen molar-refractivity contribution in [2.24, 2.45) is 5.92 Å². The minimum absolute atomic E-state index is 0.00295. The van der Waals surface area contributed by atoms with E-state index in [-0.39, 0.29) is 41.8 Å². The Bertz CT molecular complexity index is 1080. The zero-order valence-corrected chi connectivity index (χ0v) is 18.4. The summed E-state index contributed by atoms with van der Waals surface area (Å²) in [5.41, 5.74) is 0.0678. The number of amides is 1. The number of hydrogen-bond donors (Lipinski definition) is 0. The van der Waals surface area contributed by atoms with Crippen LogP contribution < -0.4 is 0 Å². The number of halogens is 2. The van der Waals surface area contributed by atoms with Gasteiger partial charge in [0.05, 0.1) is 17.7 Å². The molecular formula is C24H26F2N2O4. The van der Waals surface area contributed by atoms with Crippen molar-refractivity contribution in [1.82, 2.24) is 9.47 Å². The fourth-order valence-corrected chi connectivity index (χ4v) is 4.00. The minimum Gasteiger partial charge on any atom is -0.443 e. The molecule has 2 heterocycles. The summed E-state index contributed by atoms with van der Waals surface area (Å²) in [5.74, 6) is -1.90. The van der Waals surface area contributed by atoms with E-state index in [0.717, 1.165) is 25.0 Å². The quantitative estimate of drug-likeness (QED) is 0.653. The van der Waals surface area contributed by atoms with Crippen molar-refractivity contribution in [1.29, 1.82) is 0 Å². The normalized spacial score (nSPS) is 16.0. The van der Waals surface area contributed by atoms with Gasteiger partial charge in [0.15, 0.2) is 0 Å². The number of fused-ring (bicyclic) bond motifs is 1. The number of ether oxygens (including phenoxy) is 1. The third-order valence-electron chi connectivity index (χ3n) is 5.68. The Balaban J connectivity index is 1.70. The average Bonchev–Trinajstić information content (AvgIpc) is 3.47. The number of rotatable bonds is 4. The highest BCUT2D eigenvalue weighted by molar-refractivity contribution is 6.00. The van der Waals surface area contributed by atoms with E-state index < -0.39 is 23.3 Å². The SMILES string of the molecule is CC(C)(C)OC(=O)n1c(-c2c(F)cccc2F)cc2c1CCN(C(=O)CC(=O)C1CC1)C2. The number of hydrogen-bond acceptors (Lipinski definition) is 4. The van der Waals surface area contributed by atoms with Gasteiger partial charge in [-0.3, -0.25) is 9.59 Å². The van der Waals surface area contributed by atoms with E-state index in [2.05, 4.69) is 0 Å². The molecule has 6 nitrogen and oxygen atoms in total. The lowest BCUT2D eigenvalue weighted by Crippen LogP contribution is -2.38. The molecule has 0 saturated heterocycles. The standard InChI is InChI=1S/C24H26F2N2O4/c1-24(2,3)32-23(31)28-18-9-10-27(21(30)12-20(29)14-7-8-14)13-15(18)11-19(28)22-16(25)5-4-6-17(22)26/h4-6,11,14H,7-10,12-13H2,1-3H3. The van der Waals surface area contributed by atoms with Gasteiger partial charge in [0, 0.05) is 31.1 Å². The van der Waals surface area contributed by atoms with E-state index in [1.165, 1.54) is 16.7 Å². The number of carbonyl (C=O) groups is 3. The molecule has 1 aliphatic carbocycles. The van der Waals surface area contributed by atoms with Gasteiger partial charge in [0.1, 0.15) is 23.0 Å². The van der Waals surface area contributed by atoms with E-state index in [1.807, 2.05) is 0 Å². The number of Topliss-reactive ketones (excluding diaryl/α,β-unsaturated/α-hetero) is 1. The molecule has 2 aliphatic rings. The van der Waals surface area contributed by atoms with Crippen molar-refractivity contribution in [3.8, 4) is 11.3 Å². The van der Waals surface area contributed by atoms with E-state index in [1.54, 1.807) is 25.7 Å². The van der Waals surface area contributed by atoms with Crippen LogP contribution in [0.5, 0.6) is 0 Å². The maximum atomic E-state index is 14.6. The number of nitrogens with zero attached hydrogens (tertiary/aromatic N) is 2. The molecule has 1 saturated carbocycles. The van der Waals surface area contributed by atoms with Gasteiger partial charge in [0.2, 0.25) is 5.91 Å². The molecule has 32 heavy (non-hydrogen) atoms. The zero-order chi connectivity index (χ0) is 23.2. The van der Waals surface area contributed by atoms with E-state index in [9.17, 15) is 23.2 Å². The molecule has 170 valence electrons. The first-order valence-electron chi connectivity index (χ1n) is 10.8. The highest BCUT2D eigenvalue weighted by atomic mass is 19.1. The molecule has 0 atom stereocenters. The Hall–Kier alpha value is -3.03. The topological polar surface area (TPSA) is 68.6 Å². The predicted octanol–water partition coefficient (Wildman–Crippen LogP) is 4.47. The Morgan fingerprint density at radius 2 is 1.78 bits per heavy atom. The highest BCUT2D eigenvalue weighted by Crippen LogP contribution is 2.35. The number of ketones is 1. The second-order valence-electron chi connectivity index (χ2n) is 9.40. The Morgan fingerprint density at radius 1 is 1.12 bits per heavy atom. The molecule has 1 aliphatic heterocycles. The third kappa shape index (κ3) is 4.45. The van der Waals surface area contributed by atoms with Crippen LogP contribution in [-0.2, 0) is 27.3 Å². The van der Waals surface area contributed by atoms with Crippen LogP contribution in [0.15, 0.2) is 24.3 Å². The number of aromatic nitrogens is 1. The van der Waals surface area contributed by atoms with Gasteiger partial charge in [-0.25, -0.2) is 18.1 Å². The van der Waals surface area contributed by atoms with Crippen molar-refractivity contribution in [2.75, 3.05) is 6.54 Å². The van der Waals surface area contributed by atoms with Crippen molar-refractivity contribution in [3.63, 3.8) is 0 Å². The van der Waals surface area contributed by atoms with E-state index in [4.69, 9.17) is 4.74 Å². The predicted molar refractivity (Wildman–Crippen MR) is 113 cm³/mol. The molecule has 0 bridgehead atoms. The Kier molecular flexibility index (Phi) is 5.65. The first-order valence-corrected chi connectivity index (χ1v) is 10.8. The summed E-state index contributed by atoms with van der Waals surface area (Å²) >= 11 is 0. The van der Waals surface area contributed by atoms with E-state index >= 15 is 0 Å². The van der Waals surface area contributed by atoms with Crippen LogP contribution in [0, 0.1) is 17.6 Å². The minimum atomic E-state index is -0.806. The van der Waals surface area contributed by atoms with Crippen LogP contribution in [0.3, 0.4) is 0 Å². The van der Waals surface area contributed by atoms with Crippen LogP contribution in [0.2, 0.25) is 0 Å². The maximum absolute atomic E-state index is 14.6. The van der Waals surface area contributed by atoms with Gasteiger partial charge in [-0.05, 0) is 57.4 Å². The molecule has 1 amide bonds. The second kappa shape index (κ2) is 8.15. The number of carbonyl (C=O) groups excluding carboxylic acids is 3. The zero-order valence-electron chi connectivity index (χ0n) is 18.4. The van der Waals surface area contributed by atoms with Gasteiger partial charge in [-0.15, -0.1) is 0 Å². The smallest absolute Gasteiger partial charge is 0.419 e. The average molecular weight is 444 g/mol. The largest absolute Gasteiger partial charge is 0.443 e. The molecule has 1 fully saturated rings. The van der Waals surface area contributed by atoms with Crippen LogP contribution >= 0.6 is 0 Å². The van der Waals surface area contributed by atoms with Gasteiger partial charge in [0.25, 0.3) is 0 Å². The molecular weight excluding hydrogens is 418 g/mol. The number of benzene rings is 1. The molecule has 0 spiro atoms. The summed E-state index contributed by atoms with van der Waals surface area (Å²) in [6.45, 7) is 5.59. The summed E-state index contributed by atoms with van der Waals surface area (Å²) in [6, 6.07) is 5.04. The fourth-order valence-electron chi connectivity index (χ4n) is 4.00. The van der Waals surface area contributed by atoms with Crippen LogP contribution in [0.25, 0.3) is 11.3 Å². The monoisotopic (exact) mass is 444 g/mol. The Morgan fingerprint density at radius 3 is 2.38 bits per heavy atom. The van der Waals surface area contributed by atoms with Crippen LogP contribution in [0.1, 0.15) is 51.3 Å². The van der Waals surface area contributed by atoms with Crippen LogP contribution in [-0.4, -0.2) is 39.4 Å². The Labute approximate surface area is 185 Å². The van der Waals surface area contributed by atoms with E-state index in [0.29, 0.717) is 24.2 Å². The van der Waals surface area contributed by atoms with Gasteiger partial charge < -0.3 is 9.64 Å². The molecule has 8 heteroatoms. The first-order chi connectivity index (χ1) is 15.0. The van der Waals surface area contributed by atoms with Crippen molar-refractivity contribution in [3.05, 3.63) is 47.2 Å². The first kappa shape index (κ1) is 22.2. The molecule has 1 aromatic carbocycles. The molecule has 0 unspecified atom stereocenters. The molecule has 1 aromatic heterocycles. The van der Waals surface area contributed by atoms with Gasteiger partial charge in [-0.1, -0.05) is 6.07 Å². The van der Waals surface area contributed by atoms with Gasteiger partial charge in [-0.2, -0.15) is 0 Å². The van der Waals surface area contributed by atoms with Gasteiger partial charge >= 0.3 is 6.09 Å². The summed E-state index contributed by atoms with van der Waals surface area (Å²) in [5, 5.41) is 0. The molecule has 2 aromatic rings. The second-order valence-corrected chi connectivity index (χ2v) is 9.40. The lowest BCUT2D eigenvalue weighted by molar-refractivity contribution is -0.136. The summed E-state index contributed by atoms with van der Waals surface area (Å²) < 4.78 is 35.9. The summed E-state index contributed by atoms with van der Waals surface area (Å²) in [4.78, 5) is 39.3. The lowest BCUT2D eigenvalue weighted by atomic mass is 10.1. The van der Waals surface area contributed by atoms with Crippen molar-refractivity contribution in [2.45, 2.75) is 58.6 Å². The summed E-state index contributed by atoms with van der Waals surface area (Å²) in [6.07, 6.45) is 1.11. The van der Waals surface area contributed by atoms with Crippen LogP contribution in [0.4, 0.5) is 13.6 Å². The molecule has 4 rings (SSSR count). The summed E-state index contributed by atoms with van der Waals surface area (Å²) in [7, 11) is 0. The molecule has 0 radical (unpaired) electrons. The highest BCUT2D eigenvalue weighted by Gasteiger charge is 2.34. The lowest BCUT2D eigenvalue weighted by Gasteiger charge is -2.28. The fraction of sp³-hybridized carbons (Fsp3) is 0.458. The molecule has 0 N–H and O–H groups in total. The van der Waals surface area contributed by atoms with Crippen molar-refractivity contribution >= 4 is 17.8 Å².